The van der Waals surface area contributed by atoms with Crippen molar-refractivity contribution in [2.24, 2.45) is 0 Å². The Labute approximate surface area is 245 Å². The fraction of sp³-hybridized carbons (Fsp3) is 0.176. The number of rotatable bonds is 11. The number of pyridine rings is 1. The van der Waals surface area contributed by atoms with Crippen LogP contribution in [0, 0.1) is 0 Å². The molecule has 0 aliphatic heterocycles. The third-order valence-corrected chi connectivity index (χ3v) is 6.94. The molecule has 0 radical (unpaired) electrons. The molecular formula is C34H33N3O5. The summed E-state index contributed by atoms with van der Waals surface area (Å²) in [6, 6.07) is 30.2. The Kier molecular flexibility index (Phi) is 8.72. The maximum Gasteiger partial charge on any atom is 0.256 e. The predicted octanol–water partition coefficient (Wildman–Crippen LogP) is 6.70. The van der Waals surface area contributed by atoms with E-state index in [-0.39, 0.29) is 5.91 Å². The van der Waals surface area contributed by atoms with E-state index in [1.54, 1.807) is 21.3 Å². The number of carbonyl (C=O) groups excluding carboxylic acids is 1. The summed E-state index contributed by atoms with van der Waals surface area (Å²) in [6.45, 7) is 1.14. The molecule has 1 heterocycles. The van der Waals surface area contributed by atoms with E-state index in [1.165, 1.54) is 0 Å². The number of carbonyl (C=O) groups is 1. The lowest BCUT2D eigenvalue weighted by Gasteiger charge is -2.21. The van der Waals surface area contributed by atoms with Gasteiger partial charge < -0.3 is 29.2 Å². The number of hydrogen-bond acceptors (Lipinski definition) is 7. The molecule has 1 N–H and O–H groups in total. The molecule has 5 aromatic rings. The SMILES string of the molecule is COc1cccc(-c2cc(C(=O)Nc3ccc(OCCN(C)c4ccc(OC)c(OC)c4)cc3)c3ccccc3n2)c1. The molecule has 5 rings (SSSR count). The average Bonchev–Trinajstić information content (AvgIpc) is 3.04. The fourth-order valence-electron chi connectivity index (χ4n) is 4.62. The summed E-state index contributed by atoms with van der Waals surface area (Å²) in [5, 5.41) is 3.80. The Bertz CT molecular complexity index is 1690. The van der Waals surface area contributed by atoms with Crippen LogP contribution in [0.5, 0.6) is 23.0 Å². The van der Waals surface area contributed by atoms with Gasteiger partial charge in [0.05, 0.1) is 44.6 Å². The normalized spacial score (nSPS) is 10.7. The molecule has 0 aliphatic rings. The van der Waals surface area contributed by atoms with Crippen molar-refractivity contribution in [3.63, 3.8) is 0 Å². The van der Waals surface area contributed by atoms with Crippen molar-refractivity contribution in [1.29, 1.82) is 0 Å². The molecule has 1 aromatic heterocycles. The molecule has 0 saturated carbocycles. The van der Waals surface area contributed by atoms with Crippen LogP contribution < -0.4 is 29.2 Å². The van der Waals surface area contributed by atoms with Crippen LogP contribution in [0.25, 0.3) is 22.2 Å². The van der Waals surface area contributed by atoms with Gasteiger partial charge in [0.15, 0.2) is 11.5 Å². The van der Waals surface area contributed by atoms with Crippen LogP contribution >= 0.6 is 0 Å². The van der Waals surface area contributed by atoms with Crippen LogP contribution in [0.15, 0.2) is 97.1 Å². The molecule has 1 amide bonds. The minimum absolute atomic E-state index is 0.219. The first-order valence-corrected chi connectivity index (χ1v) is 13.5. The first kappa shape index (κ1) is 28.3. The van der Waals surface area contributed by atoms with Gasteiger partial charge in [0.1, 0.15) is 18.1 Å². The highest BCUT2D eigenvalue weighted by molar-refractivity contribution is 6.13. The van der Waals surface area contributed by atoms with Crippen molar-refractivity contribution in [3.8, 4) is 34.3 Å². The molecular weight excluding hydrogens is 530 g/mol. The largest absolute Gasteiger partial charge is 0.497 e. The van der Waals surface area contributed by atoms with Crippen LogP contribution in [-0.2, 0) is 0 Å². The molecule has 0 unspecified atom stereocenters. The van der Waals surface area contributed by atoms with Crippen molar-refractivity contribution < 1.29 is 23.7 Å². The number of anilines is 2. The number of ether oxygens (including phenoxy) is 4. The molecule has 8 nitrogen and oxygen atoms in total. The van der Waals surface area contributed by atoms with Gasteiger partial charge in [-0.25, -0.2) is 4.98 Å². The van der Waals surface area contributed by atoms with Gasteiger partial charge in [-0.05, 0) is 60.7 Å². The van der Waals surface area contributed by atoms with E-state index in [1.807, 2.05) is 104 Å². The van der Waals surface area contributed by atoms with Crippen molar-refractivity contribution in [2.45, 2.75) is 0 Å². The third kappa shape index (κ3) is 6.39. The number of nitrogens with zero attached hydrogens (tertiary/aromatic N) is 2. The summed E-state index contributed by atoms with van der Waals surface area (Å²) in [5.74, 6) is 2.58. The molecule has 0 spiro atoms. The fourth-order valence-corrected chi connectivity index (χ4v) is 4.62. The van der Waals surface area contributed by atoms with E-state index in [0.29, 0.717) is 47.3 Å². The van der Waals surface area contributed by atoms with Gasteiger partial charge in [0.2, 0.25) is 0 Å². The number of benzene rings is 4. The quantitative estimate of drug-likeness (QED) is 0.192. The summed E-state index contributed by atoms with van der Waals surface area (Å²) in [4.78, 5) is 20.3. The van der Waals surface area contributed by atoms with Crippen LogP contribution in [0.4, 0.5) is 11.4 Å². The first-order chi connectivity index (χ1) is 20.5. The Morgan fingerprint density at radius 2 is 1.57 bits per heavy atom. The minimum Gasteiger partial charge on any atom is -0.497 e. The van der Waals surface area contributed by atoms with E-state index in [4.69, 9.17) is 23.9 Å². The summed E-state index contributed by atoms with van der Waals surface area (Å²) in [6.07, 6.45) is 0. The second-order valence-electron chi connectivity index (χ2n) is 9.59. The van der Waals surface area contributed by atoms with Crippen molar-refractivity contribution >= 4 is 28.2 Å². The summed E-state index contributed by atoms with van der Waals surface area (Å²) >= 11 is 0. The zero-order valence-electron chi connectivity index (χ0n) is 24.1. The Balaban J connectivity index is 1.25. The Morgan fingerprint density at radius 3 is 2.33 bits per heavy atom. The van der Waals surface area contributed by atoms with E-state index in [9.17, 15) is 4.79 Å². The predicted molar refractivity (Wildman–Crippen MR) is 166 cm³/mol. The van der Waals surface area contributed by atoms with E-state index < -0.39 is 0 Å². The van der Waals surface area contributed by atoms with E-state index >= 15 is 0 Å². The topological polar surface area (TPSA) is 82.2 Å². The van der Waals surface area contributed by atoms with Crippen LogP contribution in [-0.4, -0.2) is 52.4 Å². The zero-order valence-corrected chi connectivity index (χ0v) is 24.1. The number of amides is 1. The van der Waals surface area contributed by atoms with Crippen molar-refractivity contribution in [1.82, 2.24) is 4.98 Å². The first-order valence-electron chi connectivity index (χ1n) is 13.5. The second-order valence-corrected chi connectivity index (χ2v) is 9.59. The van der Waals surface area contributed by atoms with Crippen LogP contribution in [0.1, 0.15) is 10.4 Å². The molecule has 0 bridgehead atoms. The third-order valence-electron chi connectivity index (χ3n) is 6.94. The lowest BCUT2D eigenvalue weighted by atomic mass is 10.0. The number of likely N-dealkylation sites (N-methyl/N-ethyl adjacent to an activating group) is 1. The zero-order chi connectivity index (χ0) is 29.5. The van der Waals surface area contributed by atoms with Gasteiger partial charge in [-0.3, -0.25) is 4.79 Å². The van der Waals surface area contributed by atoms with Gasteiger partial charge >= 0.3 is 0 Å². The average molecular weight is 564 g/mol. The van der Waals surface area contributed by atoms with Gasteiger partial charge in [-0.15, -0.1) is 0 Å². The molecule has 42 heavy (non-hydrogen) atoms. The molecule has 4 aromatic carbocycles. The van der Waals surface area contributed by atoms with Crippen molar-refractivity contribution in [2.75, 3.05) is 51.7 Å². The highest BCUT2D eigenvalue weighted by Gasteiger charge is 2.15. The number of fused-ring (bicyclic) bond motifs is 1. The van der Waals surface area contributed by atoms with Gasteiger partial charge in [-0.1, -0.05) is 30.3 Å². The number of para-hydroxylation sites is 1. The van der Waals surface area contributed by atoms with E-state index in [0.717, 1.165) is 27.9 Å². The molecule has 0 fully saturated rings. The molecule has 0 aliphatic carbocycles. The lowest BCUT2D eigenvalue weighted by molar-refractivity contribution is 0.102. The number of hydrogen-bond donors (Lipinski definition) is 1. The standard InChI is InChI=1S/C34H33N3O5/c1-37(25-14-17-32(40-3)33(21-25)41-4)18-19-42-26-15-12-24(13-16-26)35-34(38)29-22-31(23-8-7-9-27(20-23)39-2)36-30-11-6-5-10-28(29)30/h5-17,20-22H,18-19H2,1-4H3,(H,35,38). The Morgan fingerprint density at radius 1 is 0.786 bits per heavy atom. The summed E-state index contributed by atoms with van der Waals surface area (Å²) < 4.78 is 22.1. The van der Waals surface area contributed by atoms with Gasteiger partial charge in [0.25, 0.3) is 5.91 Å². The van der Waals surface area contributed by atoms with E-state index in [2.05, 4.69) is 10.2 Å². The van der Waals surface area contributed by atoms with Gasteiger partial charge in [-0.2, -0.15) is 0 Å². The lowest BCUT2D eigenvalue weighted by Crippen LogP contribution is -2.23. The molecule has 0 saturated heterocycles. The monoisotopic (exact) mass is 563 g/mol. The molecule has 214 valence electrons. The maximum atomic E-state index is 13.5. The highest BCUT2D eigenvalue weighted by atomic mass is 16.5. The summed E-state index contributed by atoms with van der Waals surface area (Å²) in [5.41, 5.74) is 4.50. The second kappa shape index (κ2) is 13.0. The molecule has 8 heteroatoms. The number of aromatic nitrogens is 1. The van der Waals surface area contributed by atoms with Gasteiger partial charge in [0, 0.05) is 35.4 Å². The number of methoxy groups -OCH3 is 3. The molecule has 0 atom stereocenters. The van der Waals surface area contributed by atoms with Crippen LogP contribution in [0.2, 0.25) is 0 Å². The smallest absolute Gasteiger partial charge is 0.256 e. The maximum absolute atomic E-state index is 13.5. The number of nitrogens with one attached hydrogen (secondary N) is 1. The minimum atomic E-state index is -0.219. The van der Waals surface area contributed by atoms with Crippen LogP contribution in [0.3, 0.4) is 0 Å². The highest BCUT2D eigenvalue weighted by Crippen LogP contribution is 2.31. The van der Waals surface area contributed by atoms with Crippen molar-refractivity contribution in [3.05, 3.63) is 103 Å². The summed E-state index contributed by atoms with van der Waals surface area (Å²) in [7, 11) is 6.86. The Hall–Kier alpha value is -5.24.